The lowest BCUT2D eigenvalue weighted by Gasteiger charge is -2.31. The zero-order chi connectivity index (χ0) is 13.4. The van der Waals surface area contributed by atoms with Gasteiger partial charge in [0.15, 0.2) is 5.96 Å². The van der Waals surface area contributed by atoms with Crippen molar-refractivity contribution in [1.29, 1.82) is 0 Å². The summed E-state index contributed by atoms with van der Waals surface area (Å²) in [6.45, 7) is 1.64. The van der Waals surface area contributed by atoms with E-state index < -0.39 is 23.6 Å². The SMILES string of the molecule is CC1C(=O)N(C)C(N)=NC1c1ccc(F)cc1F. The zero-order valence-electron chi connectivity index (χ0n) is 10.0. The molecule has 1 aromatic rings. The number of amides is 1. The molecular formula is C12H13F2N3O. The maximum Gasteiger partial charge on any atom is 0.234 e. The molecule has 0 saturated heterocycles. The Bertz CT molecular complexity index is 530. The molecular weight excluding hydrogens is 240 g/mol. The molecule has 1 aliphatic rings. The van der Waals surface area contributed by atoms with Gasteiger partial charge in [-0.25, -0.2) is 13.8 Å². The van der Waals surface area contributed by atoms with Gasteiger partial charge in [-0.3, -0.25) is 9.69 Å². The van der Waals surface area contributed by atoms with Crippen molar-refractivity contribution in [2.24, 2.45) is 16.6 Å². The minimum Gasteiger partial charge on any atom is -0.369 e. The molecule has 1 heterocycles. The molecule has 2 atom stereocenters. The fraction of sp³-hybridized carbons (Fsp3) is 0.333. The van der Waals surface area contributed by atoms with Crippen molar-refractivity contribution in [2.45, 2.75) is 13.0 Å². The van der Waals surface area contributed by atoms with Gasteiger partial charge >= 0.3 is 0 Å². The van der Waals surface area contributed by atoms with Gasteiger partial charge in [0.05, 0.1) is 12.0 Å². The third-order valence-corrected chi connectivity index (χ3v) is 3.09. The highest BCUT2D eigenvalue weighted by Gasteiger charge is 2.34. The second-order valence-corrected chi connectivity index (χ2v) is 4.28. The molecule has 0 aromatic heterocycles. The highest BCUT2D eigenvalue weighted by atomic mass is 19.1. The molecule has 0 spiro atoms. The normalized spacial score (nSPS) is 24.1. The van der Waals surface area contributed by atoms with Crippen LogP contribution in [0.15, 0.2) is 23.2 Å². The maximum absolute atomic E-state index is 13.7. The van der Waals surface area contributed by atoms with E-state index in [-0.39, 0.29) is 17.4 Å². The van der Waals surface area contributed by atoms with Crippen LogP contribution in [0.5, 0.6) is 0 Å². The van der Waals surface area contributed by atoms with Gasteiger partial charge in [0.1, 0.15) is 11.6 Å². The molecule has 18 heavy (non-hydrogen) atoms. The molecule has 2 unspecified atom stereocenters. The predicted octanol–water partition coefficient (Wildman–Crippen LogP) is 1.43. The summed E-state index contributed by atoms with van der Waals surface area (Å²) in [6.07, 6.45) is 0. The Balaban J connectivity index is 2.47. The smallest absolute Gasteiger partial charge is 0.234 e. The quantitative estimate of drug-likeness (QED) is 0.823. The minimum absolute atomic E-state index is 0.0341. The average molecular weight is 253 g/mol. The van der Waals surface area contributed by atoms with Gasteiger partial charge in [-0.1, -0.05) is 13.0 Å². The lowest BCUT2D eigenvalue weighted by atomic mass is 9.92. The molecule has 6 heteroatoms. The van der Waals surface area contributed by atoms with Gasteiger partial charge in [0, 0.05) is 18.7 Å². The number of carbonyl (C=O) groups excluding carboxylic acids is 1. The summed E-state index contributed by atoms with van der Waals surface area (Å²) in [6, 6.07) is 2.49. The molecule has 1 aliphatic heterocycles. The van der Waals surface area contributed by atoms with E-state index in [2.05, 4.69) is 4.99 Å². The van der Waals surface area contributed by atoms with E-state index in [4.69, 9.17) is 5.73 Å². The Kier molecular flexibility index (Phi) is 3.02. The van der Waals surface area contributed by atoms with E-state index in [1.807, 2.05) is 0 Å². The Labute approximate surface area is 103 Å². The molecule has 0 saturated carbocycles. The van der Waals surface area contributed by atoms with Crippen LogP contribution in [0, 0.1) is 17.6 Å². The maximum atomic E-state index is 13.7. The van der Waals surface area contributed by atoms with E-state index in [0.717, 1.165) is 12.1 Å². The Morgan fingerprint density at radius 1 is 1.39 bits per heavy atom. The molecule has 1 aromatic carbocycles. The molecule has 2 rings (SSSR count). The van der Waals surface area contributed by atoms with E-state index in [9.17, 15) is 13.6 Å². The van der Waals surface area contributed by atoms with E-state index in [1.165, 1.54) is 18.0 Å². The van der Waals surface area contributed by atoms with Crippen molar-refractivity contribution in [1.82, 2.24) is 4.90 Å². The Hall–Kier alpha value is -1.98. The number of guanidine groups is 1. The van der Waals surface area contributed by atoms with Crippen LogP contribution in [0.1, 0.15) is 18.5 Å². The molecule has 0 aliphatic carbocycles. The third kappa shape index (κ3) is 1.94. The van der Waals surface area contributed by atoms with E-state index in [1.54, 1.807) is 6.92 Å². The van der Waals surface area contributed by atoms with Crippen LogP contribution < -0.4 is 5.73 Å². The van der Waals surface area contributed by atoms with Crippen molar-refractivity contribution in [3.8, 4) is 0 Å². The topological polar surface area (TPSA) is 58.7 Å². The number of benzene rings is 1. The van der Waals surface area contributed by atoms with Crippen LogP contribution in [-0.4, -0.2) is 23.8 Å². The van der Waals surface area contributed by atoms with Crippen molar-refractivity contribution in [2.75, 3.05) is 7.05 Å². The van der Waals surface area contributed by atoms with Gasteiger partial charge in [0.2, 0.25) is 5.91 Å². The largest absolute Gasteiger partial charge is 0.369 e. The Morgan fingerprint density at radius 3 is 2.67 bits per heavy atom. The van der Waals surface area contributed by atoms with Gasteiger partial charge in [-0.15, -0.1) is 0 Å². The number of carbonyl (C=O) groups is 1. The van der Waals surface area contributed by atoms with Crippen LogP contribution in [0.25, 0.3) is 0 Å². The van der Waals surface area contributed by atoms with Gasteiger partial charge in [0.25, 0.3) is 0 Å². The summed E-state index contributed by atoms with van der Waals surface area (Å²) in [7, 11) is 1.51. The van der Waals surface area contributed by atoms with Gasteiger partial charge in [-0.2, -0.15) is 0 Å². The lowest BCUT2D eigenvalue weighted by molar-refractivity contribution is -0.131. The summed E-state index contributed by atoms with van der Waals surface area (Å²) in [5.74, 6) is -2.13. The third-order valence-electron chi connectivity index (χ3n) is 3.09. The molecule has 96 valence electrons. The van der Waals surface area contributed by atoms with E-state index in [0.29, 0.717) is 0 Å². The number of rotatable bonds is 1. The first-order valence-electron chi connectivity index (χ1n) is 5.47. The lowest BCUT2D eigenvalue weighted by Crippen LogP contribution is -2.47. The number of aliphatic imine (C=N–C) groups is 1. The van der Waals surface area contributed by atoms with Crippen molar-refractivity contribution in [3.05, 3.63) is 35.4 Å². The number of hydrogen-bond acceptors (Lipinski definition) is 3. The van der Waals surface area contributed by atoms with Crippen LogP contribution >= 0.6 is 0 Å². The highest BCUT2D eigenvalue weighted by Crippen LogP contribution is 2.32. The highest BCUT2D eigenvalue weighted by molar-refractivity contribution is 5.99. The summed E-state index contributed by atoms with van der Waals surface area (Å²) in [4.78, 5) is 17.2. The second kappa shape index (κ2) is 4.36. The molecule has 4 nitrogen and oxygen atoms in total. The summed E-state index contributed by atoms with van der Waals surface area (Å²) >= 11 is 0. The monoisotopic (exact) mass is 253 g/mol. The second-order valence-electron chi connectivity index (χ2n) is 4.28. The van der Waals surface area contributed by atoms with Crippen molar-refractivity contribution in [3.63, 3.8) is 0 Å². The summed E-state index contributed by atoms with van der Waals surface area (Å²) in [5, 5.41) is 0. The average Bonchev–Trinajstić information content (AvgIpc) is 2.32. The van der Waals surface area contributed by atoms with Gasteiger partial charge < -0.3 is 5.73 Å². The fourth-order valence-corrected chi connectivity index (χ4v) is 1.97. The summed E-state index contributed by atoms with van der Waals surface area (Å²) in [5.41, 5.74) is 5.77. The number of nitrogens with zero attached hydrogens (tertiary/aromatic N) is 2. The fourth-order valence-electron chi connectivity index (χ4n) is 1.97. The number of nitrogens with two attached hydrogens (primary N) is 1. The first-order valence-corrected chi connectivity index (χ1v) is 5.47. The molecule has 2 N–H and O–H groups in total. The van der Waals surface area contributed by atoms with Crippen LogP contribution in [-0.2, 0) is 4.79 Å². The Morgan fingerprint density at radius 2 is 2.06 bits per heavy atom. The molecule has 0 fully saturated rings. The van der Waals surface area contributed by atoms with E-state index >= 15 is 0 Å². The first-order chi connectivity index (χ1) is 8.41. The minimum atomic E-state index is -0.722. The van der Waals surface area contributed by atoms with Crippen LogP contribution in [0.4, 0.5) is 8.78 Å². The van der Waals surface area contributed by atoms with Gasteiger partial charge in [-0.05, 0) is 6.07 Å². The molecule has 0 radical (unpaired) electrons. The number of hydrogen-bond donors (Lipinski definition) is 1. The number of halogens is 2. The van der Waals surface area contributed by atoms with Crippen LogP contribution in [0.2, 0.25) is 0 Å². The predicted molar refractivity (Wildman–Crippen MR) is 62.7 cm³/mol. The molecule has 0 bridgehead atoms. The standard InChI is InChI=1S/C12H13F2N3O/c1-6-10(16-12(15)17(2)11(6)18)8-4-3-7(13)5-9(8)14/h3-6,10H,1-2H3,(H2,15,16). The summed E-state index contributed by atoms with van der Waals surface area (Å²) < 4.78 is 26.5. The first kappa shape index (κ1) is 12.5. The van der Waals surface area contributed by atoms with Crippen molar-refractivity contribution < 1.29 is 13.6 Å². The molecule has 1 amide bonds. The zero-order valence-corrected chi connectivity index (χ0v) is 10.0. The van der Waals surface area contributed by atoms with Crippen LogP contribution in [0.3, 0.4) is 0 Å². The van der Waals surface area contributed by atoms with Crippen molar-refractivity contribution >= 4 is 11.9 Å².